The van der Waals surface area contributed by atoms with Crippen LogP contribution in [0.15, 0.2) is 24.3 Å². The molecule has 0 aromatic heterocycles. The minimum absolute atomic E-state index is 0.247. The number of hydrogen-bond donors (Lipinski definition) is 0. The van der Waals surface area contributed by atoms with Crippen LogP contribution in [0.1, 0.15) is 55.5 Å². The normalized spacial score (nSPS) is 18.7. The summed E-state index contributed by atoms with van der Waals surface area (Å²) >= 11 is 0. The highest BCUT2D eigenvalue weighted by molar-refractivity contribution is 5.90. The summed E-state index contributed by atoms with van der Waals surface area (Å²) in [6.45, 7) is 5.52. The molecule has 0 heterocycles. The van der Waals surface area contributed by atoms with E-state index in [0.717, 1.165) is 12.1 Å². The van der Waals surface area contributed by atoms with Crippen molar-refractivity contribution in [3.8, 4) is 0 Å². The molecule has 1 aliphatic rings. The van der Waals surface area contributed by atoms with Crippen LogP contribution >= 0.6 is 0 Å². The largest absolute Gasteiger partial charge is 0.465 e. The molecule has 1 aromatic rings. The Kier molecular flexibility index (Phi) is 5.04. The van der Waals surface area contributed by atoms with Gasteiger partial charge in [0, 0.05) is 12.6 Å². The number of benzene rings is 1. The fraction of sp³-hybridized carbons (Fsp3) is 0.611. The third-order valence-corrected chi connectivity index (χ3v) is 4.77. The maximum atomic E-state index is 11.8. The van der Waals surface area contributed by atoms with Crippen molar-refractivity contribution in [1.82, 2.24) is 4.90 Å². The van der Waals surface area contributed by atoms with E-state index in [1.54, 1.807) is 0 Å². The molecule has 0 unspecified atom stereocenters. The van der Waals surface area contributed by atoms with Gasteiger partial charge >= 0.3 is 5.97 Å². The Balaban J connectivity index is 2.03. The van der Waals surface area contributed by atoms with Crippen LogP contribution in [0.25, 0.3) is 0 Å². The van der Waals surface area contributed by atoms with Gasteiger partial charge in [-0.05, 0) is 49.8 Å². The topological polar surface area (TPSA) is 29.5 Å². The molecule has 0 spiro atoms. The van der Waals surface area contributed by atoms with E-state index in [9.17, 15) is 4.79 Å². The Morgan fingerprint density at radius 3 is 2.52 bits per heavy atom. The molecule has 1 fully saturated rings. The van der Waals surface area contributed by atoms with Crippen molar-refractivity contribution < 1.29 is 9.53 Å². The maximum absolute atomic E-state index is 11.8. The van der Waals surface area contributed by atoms with Crippen LogP contribution in [0, 0.1) is 5.41 Å². The van der Waals surface area contributed by atoms with E-state index in [1.165, 1.54) is 32.8 Å². The Morgan fingerprint density at radius 1 is 1.29 bits per heavy atom. The summed E-state index contributed by atoms with van der Waals surface area (Å²) in [6.07, 6.45) is 5.04. The third kappa shape index (κ3) is 4.07. The van der Waals surface area contributed by atoms with E-state index in [2.05, 4.69) is 25.8 Å². The molecule has 1 saturated carbocycles. The summed E-state index contributed by atoms with van der Waals surface area (Å²) in [5.41, 5.74) is 2.22. The highest BCUT2D eigenvalue weighted by Gasteiger charge is 2.29. The second kappa shape index (κ2) is 6.61. The summed E-state index contributed by atoms with van der Waals surface area (Å²) in [7, 11) is 3.60. The van der Waals surface area contributed by atoms with Gasteiger partial charge in [0.1, 0.15) is 0 Å². The zero-order valence-corrected chi connectivity index (χ0v) is 13.7. The van der Waals surface area contributed by atoms with Crippen molar-refractivity contribution in [2.45, 2.75) is 52.1 Å². The number of nitrogens with zero attached hydrogens (tertiary/aromatic N) is 1. The molecule has 3 nitrogen and oxygen atoms in total. The van der Waals surface area contributed by atoms with Gasteiger partial charge in [-0.3, -0.25) is 4.90 Å². The van der Waals surface area contributed by atoms with Gasteiger partial charge in [-0.1, -0.05) is 32.0 Å². The fourth-order valence-electron chi connectivity index (χ4n) is 3.19. The van der Waals surface area contributed by atoms with Crippen molar-refractivity contribution in [2.75, 3.05) is 14.2 Å². The lowest BCUT2D eigenvalue weighted by atomic mass is 9.75. The number of rotatable bonds is 4. The quantitative estimate of drug-likeness (QED) is 0.788. The van der Waals surface area contributed by atoms with E-state index in [4.69, 9.17) is 4.74 Å². The smallest absolute Gasteiger partial charge is 0.338 e. The van der Waals surface area contributed by atoms with Crippen LogP contribution in [0.3, 0.4) is 0 Å². The third-order valence-electron chi connectivity index (χ3n) is 4.77. The Morgan fingerprint density at radius 2 is 1.90 bits per heavy atom. The molecular formula is C18H27NO2. The molecule has 3 heteroatoms. The molecule has 0 N–H and O–H groups in total. The number of carbonyl (C=O) groups excluding carboxylic acids is 1. The van der Waals surface area contributed by atoms with Crippen molar-refractivity contribution >= 4 is 5.97 Å². The minimum Gasteiger partial charge on any atom is -0.465 e. The average molecular weight is 289 g/mol. The summed E-state index contributed by atoms with van der Waals surface area (Å²) < 4.78 is 4.87. The molecule has 1 aliphatic carbocycles. The van der Waals surface area contributed by atoms with Crippen molar-refractivity contribution in [1.29, 1.82) is 0 Å². The zero-order chi connectivity index (χ0) is 15.5. The molecule has 0 bridgehead atoms. The second-order valence-corrected chi connectivity index (χ2v) is 6.96. The first kappa shape index (κ1) is 16.0. The first-order chi connectivity index (χ1) is 9.93. The van der Waals surface area contributed by atoms with Gasteiger partial charge in [0.15, 0.2) is 0 Å². The number of methoxy groups -OCH3 is 1. The van der Waals surface area contributed by atoms with Crippen LogP contribution in [0.4, 0.5) is 0 Å². The maximum Gasteiger partial charge on any atom is 0.338 e. The number of carbonyl (C=O) groups is 1. The Hall–Kier alpha value is -1.35. The number of hydrogen-bond acceptors (Lipinski definition) is 3. The van der Waals surface area contributed by atoms with E-state index < -0.39 is 0 Å². The Bertz CT molecular complexity index is 486. The molecule has 21 heavy (non-hydrogen) atoms. The summed E-state index contributed by atoms with van der Waals surface area (Å²) in [5, 5.41) is 0. The van der Waals surface area contributed by atoms with Crippen LogP contribution in [0.2, 0.25) is 0 Å². The monoisotopic (exact) mass is 289 g/mol. The molecule has 1 aromatic carbocycles. The molecular weight excluding hydrogens is 262 g/mol. The fourth-order valence-corrected chi connectivity index (χ4v) is 3.19. The van der Waals surface area contributed by atoms with Crippen molar-refractivity contribution in [3.63, 3.8) is 0 Å². The SMILES string of the molecule is COC(=O)c1ccccc1CN(C)C1CCC(C)(C)CC1. The molecule has 0 saturated heterocycles. The first-order valence-corrected chi connectivity index (χ1v) is 7.79. The summed E-state index contributed by atoms with van der Waals surface area (Å²) in [4.78, 5) is 14.2. The van der Waals surface area contributed by atoms with E-state index >= 15 is 0 Å². The molecule has 0 atom stereocenters. The van der Waals surface area contributed by atoms with E-state index in [0.29, 0.717) is 17.0 Å². The van der Waals surface area contributed by atoms with Gasteiger partial charge in [0.05, 0.1) is 12.7 Å². The predicted molar refractivity (Wildman–Crippen MR) is 85.3 cm³/mol. The molecule has 2 rings (SSSR count). The number of esters is 1. The van der Waals surface area contributed by atoms with Gasteiger partial charge in [-0.2, -0.15) is 0 Å². The lowest BCUT2D eigenvalue weighted by Crippen LogP contribution is -2.37. The molecule has 0 amide bonds. The van der Waals surface area contributed by atoms with E-state index in [-0.39, 0.29) is 5.97 Å². The summed E-state index contributed by atoms with van der Waals surface area (Å²) in [5.74, 6) is -0.247. The lowest BCUT2D eigenvalue weighted by Gasteiger charge is -2.38. The van der Waals surface area contributed by atoms with Crippen LogP contribution < -0.4 is 0 Å². The second-order valence-electron chi connectivity index (χ2n) is 6.96. The van der Waals surface area contributed by atoms with Crippen LogP contribution in [-0.4, -0.2) is 31.1 Å². The van der Waals surface area contributed by atoms with Gasteiger partial charge in [0.25, 0.3) is 0 Å². The molecule has 0 aliphatic heterocycles. The van der Waals surface area contributed by atoms with Crippen molar-refractivity contribution in [2.24, 2.45) is 5.41 Å². The van der Waals surface area contributed by atoms with E-state index in [1.807, 2.05) is 24.3 Å². The first-order valence-electron chi connectivity index (χ1n) is 7.79. The standard InChI is InChI=1S/C18H27NO2/c1-18(2)11-9-15(10-12-18)19(3)13-14-7-5-6-8-16(14)17(20)21-4/h5-8,15H,9-13H2,1-4H3. The molecule has 0 radical (unpaired) electrons. The highest BCUT2D eigenvalue weighted by atomic mass is 16.5. The molecule has 116 valence electrons. The average Bonchev–Trinajstić information content (AvgIpc) is 2.46. The van der Waals surface area contributed by atoms with Gasteiger partial charge in [0.2, 0.25) is 0 Å². The van der Waals surface area contributed by atoms with Gasteiger partial charge in [-0.15, -0.1) is 0 Å². The highest BCUT2D eigenvalue weighted by Crippen LogP contribution is 2.36. The van der Waals surface area contributed by atoms with Gasteiger partial charge < -0.3 is 4.74 Å². The Labute approximate surface area is 128 Å². The zero-order valence-electron chi connectivity index (χ0n) is 13.7. The van der Waals surface area contributed by atoms with Crippen LogP contribution in [0.5, 0.6) is 0 Å². The van der Waals surface area contributed by atoms with Crippen LogP contribution in [-0.2, 0) is 11.3 Å². The van der Waals surface area contributed by atoms with Crippen molar-refractivity contribution in [3.05, 3.63) is 35.4 Å². The summed E-state index contributed by atoms with van der Waals surface area (Å²) in [6, 6.07) is 8.36. The van der Waals surface area contributed by atoms with Gasteiger partial charge in [-0.25, -0.2) is 4.79 Å². The number of ether oxygens (including phenoxy) is 1. The minimum atomic E-state index is -0.247. The lowest BCUT2D eigenvalue weighted by molar-refractivity contribution is 0.0597. The predicted octanol–water partition coefficient (Wildman–Crippen LogP) is 3.87.